The number of nitrogens with one attached hydrogen (secondary N) is 1. The van der Waals surface area contributed by atoms with Crippen LogP contribution in [0.3, 0.4) is 0 Å². The molecule has 8 heteroatoms. The maximum absolute atomic E-state index is 9.55. The van der Waals surface area contributed by atoms with Gasteiger partial charge in [-0.2, -0.15) is 0 Å². The van der Waals surface area contributed by atoms with Gasteiger partial charge >= 0.3 is 11.9 Å². The Hall–Kier alpha value is -4.07. The number of pyridine rings is 1. The van der Waals surface area contributed by atoms with E-state index in [4.69, 9.17) is 15.2 Å². The summed E-state index contributed by atoms with van der Waals surface area (Å²) in [5.41, 5.74) is 5.09. The fourth-order valence-corrected chi connectivity index (χ4v) is 4.10. The molecule has 1 atom stereocenters. The smallest absolute Gasteiger partial charge is 0.328 e. The van der Waals surface area contributed by atoms with Crippen molar-refractivity contribution in [1.82, 2.24) is 14.9 Å². The highest BCUT2D eigenvalue weighted by molar-refractivity contribution is 5.89. The summed E-state index contributed by atoms with van der Waals surface area (Å²) in [6.07, 6.45) is 7.39. The molecule has 0 bridgehead atoms. The van der Waals surface area contributed by atoms with Gasteiger partial charge in [0.05, 0.1) is 0 Å². The van der Waals surface area contributed by atoms with Gasteiger partial charge in [0.15, 0.2) is 0 Å². The van der Waals surface area contributed by atoms with E-state index in [1.807, 2.05) is 12.4 Å². The lowest BCUT2D eigenvalue weighted by molar-refractivity contribution is -0.134. The number of carboxylic acid groups (broad SMARTS) is 2. The maximum atomic E-state index is 9.55. The van der Waals surface area contributed by atoms with E-state index >= 15 is 0 Å². The van der Waals surface area contributed by atoms with Crippen LogP contribution in [0.2, 0.25) is 0 Å². The van der Waals surface area contributed by atoms with Gasteiger partial charge in [0, 0.05) is 74.4 Å². The van der Waals surface area contributed by atoms with Crippen molar-refractivity contribution in [3.8, 4) is 11.1 Å². The first-order valence-electron chi connectivity index (χ1n) is 10.2. The van der Waals surface area contributed by atoms with Crippen molar-refractivity contribution in [2.24, 2.45) is 5.92 Å². The van der Waals surface area contributed by atoms with Crippen molar-refractivity contribution in [2.45, 2.75) is 0 Å². The highest BCUT2D eigenvalue weighted by atomic mass is 16.4. The zero-order valence-corrected chi connectivity index (χ0v) is 17.6. The summed E-state index contributed by atoms with van der Waals surface area (Å²) in [4.78, 5) is 31.8. The molecule has 32 heavy (non-hydrogen) atoms. The van der Waals surface area contributed by atoms with Crippen LogP contribution >= 0.6 is 0 Å². The molecule has 5 rings (SSSR count). The fourth-order valence-electron chi connectivity index (χ4n) is 4.10. The standard InChI is InChI=1S/C20H20N4.C4H4O4/c1-23-10-17-12-24(13-18(17)11-23)20-5-3-16(9-22-20)14-2-4-19-15(8-14)6-7-21-19;5-3(6)1-2-4(7)8/h2-10,18,21H,11-13H2,1H3;1-2H,(H,5,6)(H,7,8). The monoisotopic (exact) mass is 432 g/mol. The second-order valence-electron chi connectivity index (χ2n) is 7.92. The number of aromatic nitrogens is 2. The van der Waals surface area contributed by atoms with Crippen molar-refractivity contribution >= 4 is 28.7 Å². The molecule has 4 heterocycles. The number of benzene rings is 1. The molecule has 2 aliphatic heterocycles. The van der Waals surface area contributed by atoms with Crippen LogP contribution in [0.5, 0.6) is 0 Å². The summed E-state index contributed by atoms with van der Waals surface area (Å²) < 4.78 is 0. The minimum atomic E-state index is -1.26. The number of fused-ring (bicyclic) bond motifs is 2. The molecule has 164 valence electrons. The van der Waals surface area contributed by atoms with Crippen molar-refractivity contribution in [3.63, 3.8) is 0 Å². The molecule has 1 saturated heterocycles. The first kappa shape index (κ1) is 21.2. The molecular weight excluding hydrogens is 408 g/mol. The number of anilines is 1. The quantitative estimate of drug-likeness (QED) is 0.543. The number of carbonyl (C=O) groups is 2. The van der Waals surface area contributed by atoms with Crippen molar-refractivity contribution in [1.29, 1.82) is 0 Å². The van der Waals surface area contributed by atoms with E-state index in [9.17, 15) is 9.59 Å². The van der Waals surface area contributed by atoms with E-state index in [1.54, 1.807) is 5.57 Å². The lowest BCUT2D eigenvalue weighted by Crippen LogP contribution is -2.24. The Morgan fingerprint density at radius 1 is 1.06 bits per heavy atom. The predicted molar refractivity (Wildman–Crippen MR) is 122 cm³/mol. The molecule has 3 aromatic rings. The summed E-state index contributed by atoms with van der Waals surface area (Å²) in [7, 11) is 2.16. The highest BCUT2D eigenvalue weighted by Crippen LogP contribution is 2.32. The van der Waals surface area contributed by atoms with Crippen molar-refractivity contribution in [2.75, 3.05) is 31.6 Å². The van der Waals surface area contributed by atoms with Gasteiger partial charge in [0.1, 0.15) is 5.82 Å². The topological polar surface area (TPSA) is 110 Å². The SMILES string of the molecule is CN1C=C2CN(c3ccc(-c4ccc5[nH]ccc5c4)cn3)CC2C1.O=C(O)C=CC(=O)O. The van der Waals surface area contributed by atoms with E-state index in [2.05, 4.69) is 64.4 Å². The third-order valence-electron chi connectivity index (χ3n) is 5.56. The molecular formula is C24H24N4O4. The van der Waals surface area contributed by atoms with E-state index in [-0.39, 0.29) is 0 Å². The molecule has 1 fully saturated rings. The van der Waals surface area contributed by atoms with Crippen LogP contribution in [0.25, 0.3) is 22.0 Å². The fraction of sp³-hybridized carbons (Fsp3) is 0.208. The minimum Gasteiger partial charge on any atom is -0.478 e. The minimum absolute atomic E-state index is 0.558. The Kier molecular flexibility index (Phi) is 5.93. The number of hydrogen-bond donors (Lipinski definition) is 3. The first-order chi connectivity index (χ1) is 15.4. The number of aliphatic carboxylic acids is 2. The van der Waals surface area contributed by atoms with Gasteiger partial charge in [0.2, 0.25) is 0 Å². The van der Waals surface area contributed by atoms with Gasteiger partial charge in [-0.15, -0.1) is 0 Å². The highest BCUT2D eigenvalue weighted by Gasteiger charge is 2.32. The zero-order valence-electron chi connectivity index (χ0n) is 17.6. The van der Waals surface area contributed by atoms with Crippen LogP contribution in [-0.2, 0) is 9.59 Å². The van der Waals surface area contributed by atoms with Crippen LogP contribution in [0.1, 0.15) is 0 Å². The van der Waals surface area contributed by atoms with Crippen molar-refractivity contribution < 1.29 is 19.8 Å². The molecule has 1 aromatic carbocycles. The van der Waals surface area contributed by atoms with E-state index in [0.29, 0.717) is 18.1 Å². The molecule has 1 unspecified atom stereocenters. The summed E-state index contributed by atoms with van der Waals surface area (Å²) >= 11 is 0. The zero-order chi connectivity index (χ0) is 22.7. The Morgan fingerprint density at radius 2 is 1.81 bits per heavy atom. The van der Waals surface area contributed by atoms with Gasteiger partial charge in [-0.25, -0.2) is 14.6 Å². The predicted octanol–water partition coefficient (Wildman–Crippen LogP) is 3.21. The molecule has 0 spiro atoms. The molecule has 0 aliphatic carbocycles. The Morgan fingerprint density at radius 3 is 2.47 bits per heavy atom. The molecule has 8 nitrogen and oxygen atoms in total. The second kappa shape index (κ2) is 8.97. The van der Waals surface area contributed by atoms with Gasteiger partial charge in [-0.3, -0.25) is 0 Å². The maximum Gasteiger partial charge on any atom is 0.328 e. The van der Waals surface area contributed by atoms with Crippen molar-refractivity contribution in [3.05, 3.63) is 72.7 Å². The van der Waals surface area contributed by atoms with Gasteiger partial charge in [-0.05, 0) is 46.9 Å². The van der Waals surface area contributed by atoms with E-state index < -0.39 is 11.9 Å². The van der Waals surface area contributed by atoms with Gasteiger partial charge in [-0.1, -0.05) is 6.07 Å². The third-order valence-corrected chi connectivity index (χ3v) is 5.56. The van der Waals surface area contributed by atoms with Crippen LogP contribution in [0.15, 0.2) is 72.7 Å². The Labute approximate surface area is 185 Å². The number of aromatic amines is 1. The lowest BCUT2D eigenvalue weighted by atomic mass is 10.1. The van der Waals surface area contributed by atoms with Crippen LogP contribution in [0.4, 0.5) is 5.82 Å². The lowest BCUT2D eigenvalue weighted by Gasteiger charge is -2.19. The van der Waals surface area contributed by atoms with E-state index in [1.165, 1.54) is 22.0 Å². The number of H-pyrrole nitrogens is 1. The van der Waals surface area contributed by atoms with Crippen LogP contribution in [0, 0.1) is 5.92 Å². The number of hydrogen-bond acceptors (Lipinski definition) is 5. The molecule has 0 radical (unpaired) electrons. The summed E-state index contributed by atoms with van der Waals surface area (Å²) in [6, 6.07) is 12.9. The molecule has 0 amide bonds. The number of carboxylic acids is 2. The molecule has 0 saturated carbocycles. The molecule has 2 aromatic heterocycles. The average Bonchev–Trinajstić information content (AvgIpc) is 3.47. The van der Waals surface area contributed by atoms with Gasteiger partial charge in [0.25, 0.3) is 0 Å². The Bertz CT molecular complexity index is 1180. The summed E-state index contributed by atoms with van der Waals surface area (Å²) in [5.74, 6) is -0.758. The van der Waals surface area contributed by atoms with Crippen LogP contribution in [-0.4, -0.2) is 63.7 Å². The third kappa shape index (κ3) is 4.80. The summed E-state index contributed by atoms with van der Waals surface area (Å²) in [5, 5.41) is 16.9. The number of rotatable bonds is 4. The molecule has 2 aliphatic rings. The molecule has 3 N–H and O–H groups in total. The van der Waals surface area contributed by atoms with Gasteiger partial charge < -0.3 is 25.0 Å². The Balaban J connectivity index is 0.000000265. The normalized spacial score (nSPS) is 17.3. The van der Waals surface area contributed by atoms with E-state index in [0.717, 1.165) is 25.5 Å². The van der Waals surface area contributed by atoms with Crippen LogP contribution < -0.4 is 4.90 Å². The number of nitrogens with zero attached hydrogens (tertiary/aromatic N) is 3. The largest absolute Gasteiger partial charge is 0.478 e. The summed E-state index contributed by atoms with van der Waals surface area (Å²) in [6.45, 7) is 3.23. The second-order valence-corrected chi connectivity index (χ2v) is 7.92. The average molecular weight is 432 g/mol. The first-order valence-corrected chi connectivity index (χ1v) is 10.2.